The van der Waals surface area contributed by atoms with Crippen LogP contribution in [0.5, 0.6) is 0 Å². The summed E-state index contributed by atoms with van der Waals surface area (Å²) in [6.07, 6.45) is 7.32. The molecule has 3 heterocycles. The van der Waals surface area contributed by atoms with E-state index in [9.17, 15) is 10.1 Å². The molecule has 0 aliphatic carbocycles. The van der Waals surface area contributed by atoms with E-state index < -0.39 is 11.2 Å². The fourth-order valence-corrected chi connectivity index (χ4v) is 2.81. The quantitative estimate of drug-likeness (QED) is 0.630. The molecule has 122 valence electrons. The summed E-state index contributed by atoms with van der Waals surface area (Å²) >= 11 is 0. The number of nitrogens with one attached hydrogen (secondary N) is 2. The fraction of sp³-hybridized carbons (Fsp3) is 0.400. The number of hydrogen-bond acceptors (Lipinski definition) is 6. The standard InChI is InChI=1S/C15H19N5O3/c1-19-9-11(8-17-19)12-7-13(20(21)22)15(23-2)18-14(12)10-3-5-16-6-4-10/h3,7-9,15-16,18H,4-6H2,1-2H3. The van der Waals surface area contributed by atoms with Crippen molar-refractivity contribution >= 4 is 5.57 Å². The van der Waals surface area contributed by atoms with E-state index in [1.807, 2.05) is 13.2 Å². The Hall–Kier alpha value is -2.45. The second-order valence-electron chi connectivity index (χ2n) is 5.46. The van der Waals surface area contributed by atoms with E-state index in [-0.39, 0.29) is 5.70 Å². The third kappa shape index (κ3) is 3.03. The summed E-state index contributed by atoms with van der Waals surface area (Å²) in [6.45, 7) is 1.66. The van der Waals surface area contributed by atoms with Crippen LogP contribution in [-0.4, -0.2) is 41.1 Å². The third-order valence-electron chi connectivity index (χ3n) is 3.95. The SMILES string of the molecule is COC1NC(C2=CCNCC2)=C(c2cnn(C)c2)C=C1[N+](=O)[O-]. The van der Waals surface area contributed by atoms with E-state index in [1.165, 1.54) is 7.11 Å². The minimum Gasteiger partial charge on any atom is -0.352 e. The molecule has 3 rings (SSSR count). The van der Waals surface area contributed by atoms with Gasteiger partial charge in [-0.3, -0.25) is 14.8 Å². The molecule has 2 N–H and O–H groups in total. The van der Waals surface area contributed by atoms with Gasteiger partial charge >= 0.3 is 0 Å². The number of rotatable bonds is 4. The summed E-state index contributed by atoms with van der Waals surface area (Å²) in [5, 5.41) is 22.0. The van der Waals surface area contributed by atoms with Crippen molar-refractivity contribution in [3.63, 3.8) is 0 Å². The van der Waals surface area contributed by atoms with Crippen LogP contribution in [0.4, 0.5) is 0 Å². The van der Waals surface area contributed by atoms with Gasteiger partial charge < -0.3 is 15.4 Å². The molecule has 1 aromatic heterocycles. The summed E-state index contributed by atoms with van der Waals surface area (Å²) in [6, 6.07) is 0. The minimum absolute atomic E-state index is 0.00959. The van der Waals surface area contributed by atoms with Gasteiger partial charge in [0.25, 0.3) is 5.70 Å². The lowest BCUT2D eigenvalue weighted by Crippen LogP contribution is -2.39. The van der Waals surface area contributed by atoms with Crippen LogP contribution in [0.15, 0.2) is 41.5 Å². The average molecular weight is 317 g/mol. The van der Waals surface area contributed by atoms with Crippen molar-refractivity contribution in [2.45, 2.75) is 12.6 Å². The molecule has 23 heavy (non-hydrogen) atoms. The van der Waals surface area contributed by atoms with Gasteiger partial charge in [0.15, 0.2) is 0 Å². The predicted octanol–water partition coefficient (Wildman–Crippen LogP) is 0.787. The highest BCUT2D eigenvalue weighted by Gasteiger charge is 2.32. The Labute approximate surface area is 133 Å². The Morgan fingerprint density at radius 1 is 1.52 bits per heavy atom. The van der Waals surface area contributed by atoms with Crippen LogP contribution in [-0.2, 0) is 11.8 Å². The molecule has 0 aromatic carbocycles. The van der Waals surface area contributed by atoms with Crippen molar-refractivity contribution in [3.8, 4) is 0 Å². The maximum Gasteiger partial charge on any atom is 0.295 e. The number of dihydropyridines is 1. The topological polar surface area (TPSA) is 94.2 Å². The lowest BCUT2D eigenvalue weighted by molar-refractivity contribution is -0.437. The molecule has 1 atom stereocenters. The van der Waals surface area contributed by atoms with Crippen LogP contribution in [0.25, 0.3) is 5.57 Å². The third-order valence-corrected chi connectivity index (χ3v) is 3.95. The first-order valence-corrected chi connectivity index (χ1v) is 7.39. The van der Waals surface area contributed by atoms with Crippen LogP contribution in [0.1, 0.15) is 12.0 Å². The number of aryl methyl sites for hydroxylation is 1. The van der Waals surface area contributed by atoms with E-state index in [0.29, 0.717) is 0 Å². The van der Waals surface area contributed by atoms with E-state index in [0.717, 1.165) is 41.9 Å². The van der Waals surface area contributed by atoms with Crippen molar-refractivity contribution in [3.05, 3.63) is 57.2 Å². The zero-order chi connectivity index (χ0) is 16.4. The summed E-state index contributed by atoms with van der Waals surface area (Å²) in [5.41, 5.74) is 3.60. The molecule has 0 saturated heterocycles. The Morgan fingerprint density at radius 2 is 2.35 bits per heavy atom. The zero-order valence-electron chi connectivity index (χ0n) is 13.1. The predicted molar refractivity (Wildman–Crippen MR) is 84.7 cm³/mol. The van der Waals surface area contributed by atoms with Gasteiger partial charge in [-0.05, 0) is 18.5 Å². The zero-order valence-corrected chi connectivity index (χ0v) is 13.1. The van der Waals surface area contributed by atoms with Gasteiger partial charge in [0.05, 0.1) is 11.1 Å². The van der Waals surface area contributed by atoms with Crippen LogP contribution >= 0.6 is 0 Å². The lowest BCUT2D eigenvalue weighted by Gasteiger charge is -2.27. The Morgan fingerprint density at radius 3 is 2.91 bits per heavy atom. The normalized spacial score (nSPS) is 21.6. The molecule has 0 fully saturated rings. The number of allylic oxidation sites excluding steroid dienone is 3. The van der Waals surface area contributed by atoms with Gasteiger partial charge in [0.2, 0.25) is 6.23 Å². The average Bonchev–Trinajstić information content (AvgIpc) is 3.00. The fourth-order valence-electron chi connectivity index (χ4n) is 2.81. The van der Waals surface area contributed by atoms with Crippen LogP contribution in [0.3, 0.4) is 0 Å². The second kappa shape index (κ2) is 6.35. The maximum atomic E-state index is 11.3. The molecule has 8 heteroatoms. The van der Waals surface area contributed by atoms with Gasteiger partial charge in [-0.15, -0.1) is 0 Å². The van der Waals surface area contributed by atoms with Gasteiger partial charge in [-0.2, -0.15) is 5.10 Å². The molecule has 1 aromatic rings. The molecular weight excluding hydrogens is 298 g/mol. The molecule has 0 saturated carbocycles. The number of aromatic nitrogens is 2. The number of nitrogens with zero attached hydrogens (tertiary/aromatic N) is 3. The van der Waals surface area contributed by atoms with Gasteiger partial charge in [0.1, 0.15) is 0 Å². The Kier molecular flexibility index (Phi) is 4.26. The van der Waals surface area contributed by atoms with Crippen molar-refractivity contribution in [2.75, 3.05) is 20.2 Å². The van der Waals surface area contributed by atoms with Crippen LogP contribution in [0, 0.1) is 10.1 Å². The number of nitro groups is 1. The van der Waals surface area contributed by atoms with Crippen molar-refractivity contribution in [1.82, 2.24) is 20.4 Å². The molecule has 0 bridgehead atoms. The second-order valence-corrected chi connectivity index (χ2v) is 5.46. The Balaban J connectivity index is 2.13. The molecular formula is C15H19N5O3. The van der Waals surface area contributed by atoms with Gasteiger partial charge in [-0.25, -0.2) is 0 Å². The van der Waals surface area contributed by atoms with Crippen molar-refractivity contribution in [1.29, 1.82) is 0 Å². The van der Waals surface area contributed by atoms with Gasteiger partial charge in [-0.1, -0.05) is 6.08 Å². The Bertz CT molecular complexity index is 716. The van der Waals surface area contributed by atoms with Crippen LogP contribution < -0.4 is 10.6 Å². The number of hydrogen-bond donors (Lipinski definition) is 2. The van der Waals surface area contributed by atoms with Gasteiger partial charge in [0, 0.05) is 49.8 Å². The largest absolute Gasteiger partial charge is 0.352 e. The molecule has 1 unspecified atom stereocenters. The number of methoxy groups -OCH3 is 1. The van der Waals surface area contributed by atoms with Crippen LogP contribution in [0.2, 0.25) is 0 Å². The lowest BCUT2D eigenvalue weighted by atomic mass is 9.94. The van der Waals surface area contributed by atoms with Crippen molar-refractivity contribution < 1.29 is 9.66 Å². The van der Waals surface area contributed by atoms with E-state index in [4.69, 9.17) is 4.74 Å². The minimum atomic E-state index is -0.767. The number of ether oxygens (including phenoxy) is 1. The summed E-state index contributed by atoms with van der Waals surface area (Å²) in [4.78, 5) is 10.9. The van der Waals surface area contributed by atoms with E-state index in [1.54, 1.807) is 17.0 Å². The first-order valence-electron chi connectivity index (χ1n) is 7.39. The molecule has 0 radical (unpaired) electrons. The molecule has 2 aliphatic heterocycles. The summed E-state index contributed by atoms with van der Waals surface area (Å²) in [7, 11) is 3.28. The molecule has 2 aliphatic rings. The first-order chi connectivity index (χ1) is 11.1. The molecule has 0 amide bonds. The molecule has 8 nitrogen and oxygen atoms in total. The summed E-state index contributed by atoms with van der Waals surface area (Å²) in [5.74, 6) is 0. The van der Waals surface area contributed by atoms with Crippen molar-refractivity contribution in [2.24, 2.45) is 7.05 Å². The maximum absolute atomic E-state index is 11.3. The summed E-state index contributed by atoms with van der Waals surface area (Å²) < 4.78 is 6.94. The smallest absolute Gasteiger partial charge is 0.295 e. The highest BCUT2D eigenvalue weighted by molar-refractivity contribution is 5.80. The van der Waals surface area contributed by atoms with E-state index in [2.05, 4.69) is 21.8 Å². The first kappa shape index (κ1) is 15.4. The highest BCUT2D eigenvalue weighted by atomic mass is 16.6. The highest BCUT2D eigenvalue weighted by Crippen LogP contribution is 2.31. The monoisotopic (exact) mass is 317 g/mol. The molecule has 0 spiro atoms. The van der Waals surface area contributed by atoms with E-state index >= 15 is 0 Å².